The number of benzene rings is 1. The van der Waals surface area contributed by atoms with E-state index >= 15 is 0 Å². The second-order valence-corrected chi connectivity index (χ2v) is 8.05. The highest BCUT2D eigenvalue weighted by atomic mass is 32.2. The van der Waals surface area contributed by atoms with Crippen LogP contribution in [0, 0.1) is 13.8 Å². The lowest BCUT2D eigenvalue weighted by atomic mass is 10.0. The first kappa shape index (κ1) is 21.6. The third-order valence-corrected chi connectivity index (χ3v) is 5.79. The molecule has 0 bridgehead atoms. The second kappa shape index (κ2) is 9.27. The van der Waals surface area contributed by atoms with Gasteiger partial charge in [-0.15, -0.1) is 5.10 Å². The van der Waals surface area contributed by atoms with Crippen molar-refractivity contribution in [2.45, 2.75) is 32.0 Å². The number of aromatic nitrogens is 4. The van der Waals surface area contributed by atoms with Gasteiger partial charge in [0.1, 0.15) is 11.8 Å². The van der Waals surface area contributed by atoms with Gasteiger partial charge >= 0.3 is 12.0 Å². The van der Waals surface area contributed by atoms with Gasteiger partial charge in [-0.2, -0.15) is 4.68 Å². The van der Waals surface area contributed by atoms with E-state index in [0.29, 0.717) is 16.6 Å². The van der Waals surface area contributed by atoms with Crippen LogP contribution in [0.3, 0.4) is 0 Å². The number of carbonyl (C=O) groups excluding carboxylic acids is 2. The number of thioether (sulfide) groups is 1. The number of rotatable bonds is 7. The number of amides is 2. The van der Waals surface area contributed by atoms with Crippen molar-refractivity contribution in [1.29, 1.82) is 0 Å². The smallest absolute Gasteiger partial charge is 0.338 e. The van der Waals surface area contributed by atoms with Gasteiger partial charge in [-0.3, -0.25) is 0 Å². The van der Waals surface area contributed by atoms with Gasteiger partial charge in [0.05, 0.1) is 24.1 Å². The zero-order chi connectivity index (χ0) is 22.7. The molecule has 2 aromatic heterocycles. The van der Waals surface area contributed by atoms with Crippen LogP contribution in [0.15, 0.2) is 57.4 Å². The number of nitrogens with one attached hydrogen (secondary N) is 2. The second-order valence-electron chi connectivity index (χ2n) is 7.11. The van der Waals surface area contributed by atoms with Gasteiger partial charge < -0.3 is 19.8 Å². The van der Waals surface area contributed by atoms with Crippen LogP contribution in [-0.2, 0) is 9.53 Å². The summed E-state index contributed by atoms with van der Waals surface area (Å²) >= 11 is 1.30. The minimum absolute atomic E-state index is 0.201. The molecule has 0 radical (unpaired) electrons. The normalized spacial score (nSPS) is 16.0. The average Bonchev–Trinajstić information content (AvgIpc) is 3.44. The molecule has 0 fully saturated rings. The van der Waals surface area contributed by atoms with E-state index in [0.717, 1.165) is 16.8 Å². The molecule has 10 nitrogen and oxygen atoms in total. The molecule has 11 heteroatoms. The molecule has 2 amide bonds. The number of hydrogen-bond acceptors (Lipinski definition) is 8. The fourth-order valence-corrected chi connectivity index (χ4v) is 4.30. The highest BCUT2D eigenvalue weighted by molar-refractivity contribution is 7.99. The summed E-state index contributed by atoms with van der Waals surface area (Å²) in [4.78, 5) is 25.1. The van der Waals surface area contributed by atoms with Gasteiger partial charge in [-0.25, -0.2) is 9.59 Å². The number of esters is 1. The maximum Gasteiger partial charge on any atom is 0.338 e. The lowest BCUT2D eigenvalue weighted by molar-refractivity contribution is -0.139. The molecule has 1 aromatic carbocycles. The van der Waals surface area contributed by atoms with Gasteiger partial charge in [-0.1, -0.05) is 29.5 Å². The van der Waals surface area contributed by atoms with Crippen LogP contribution in [0.25, 0.3) is 5.69 Å². The Labute approximate surface area is 188 Å². The lowest BCUT2D eigenvalue weighted by Crippen LogP contribution is -2.46. The molecular weight excluding hydrogens is 432 g/mol. The van der Waals surface area contributed by atoms with Crippen molar-refractivity contribution in [3.05, 3.63) is 64.8 Å². The Balaban J connectivity index is 1.66. The van der Waals surface area contributed by atoms with E-state index in [4.69, 9.17) is 9.15 Å². The Bertz CT molecular complexity index is 1170. The average molecular weight is 455 g/mol. The summed E-state index contributed by atoms with van der Waals surface area (Å²) in [6.07, 6.45) is 1.48. The topological polar surface area (TPSA) is 124 Å². The molecule has 0 saturated heterocycles. The van der Waals surface area contributed by atoms with Gasteiger partial charge in [0.15, 0.2) is 0 Å². The van der Waals surface area contributed by atoms with E-state index in [1.165, 1.54) is 18.0 Å². The molecule has 32 heavy (non-hydrogen) atoms. The van der Waals surface area contributed by atoms with Gasteiger partial charge in [0.2, 0.25) is 5.16 Å². The summed E-state index contributed by atoms with van der Waals surface area (Å²) in [5.74, 6) is 0.140. The molecule has 3 aromatic rings. The van der Waals surface area contributed by atoms with Gasteiger partial charge in [-0.05, 0) is 55.0 Å². The summed E-state index contributed by atoms with van der Waals surface area (Å²) in [7, 11) is 0. The summed E-state index contributed by atoms with van der Waals surface area (Å²) < 4.78 is 12.3. The molecule has 3 heterocycles. The molecule has 0 saturated carbocycles. The van der Waals surface area contributed by atoms with Crippen LogP contribution >= 0.6 is 11.8 Å². The number of hydrogen-bond donors (Lipinski definition) is 2. The zero-order valence-electron chi connectivity index (χ0n) is 17.8. The molecule has 0 spiro atoms. The van der Waals surface area contributed by atoms with Crippen LogP contribution in [0.5, 0.6) is 0 Å². The maximum atomic E-state index is 12.8. The third-order valence-electron chi connectivity index (χ3n) is 4.84. The minimum Gasteiger partial charge on any atom is -0.467 e. The Morgan fingerprint density at radius 3 is 2.88 bits per heavy atom. The molecule has 1 atom stereocenters. The minimum atomic E-state index is -0.760. The van der Waals surface area contributed by atoms with E-state index in [2.05, 4.69) is 26.2 Å². The first-order valence-corrected chi connectivity index (χ1v) is 11.0. The van der Waals surface area contributed by atoms with Crippen molar-refractivity contribution in [1.82, 2.24) is 30.8 Å². The zero-order valence-corrected chi connectivity index (χ0v) is 18.6. The third kappa shape index (κ3) is 4.37. The van der Waals surface area contributed by atoms with E-state index in [9.17, 15) is 9.59 Å². The maximum absolute atomic E-state index is 12.8. The monoisotopic (exact) mass is 454 g/mol. The van der Waals surface area contributed by atoms with E-state index in [1.807, 2.05) is 32.0 Å². The highest BCUT2D eigenvalue weighted by Gasteiger charge is 2.35. The van der Waals surface area contributed by atoms with E-state index in [-0.39, 0.29) is 17.9 Å². The van der Waals surface area contributed by atoms with E-state index in [1.54, 1.807) is 23.7 Å². The highest BCUT2D eigenvalue weighted by Crippen LogP contribution is 2.31. The Morgan fingerprint density at radius 1 is 1.31 bits per heavy atom. The van der Waals surface area contributed by atoms with Crippen molar-refractivity contribution < 1.29 is 18.7 Å². The predicted octanol–water partition coefficient (Wildman–Crippen LogP) is 2.84. The van der Waals surface area contributed by atoms with Crippen LogP contribution < -0.4 is 10.6 Å². The van der Waals surface area contributed by atoms with E-state index < -0.39 is 18.0 Å². The molecule has 166 valence electrons. The van der Waals surface area contributed by atoms with Crippen LogP contribution in [0.2, 0.25) is 0 Å². The molecule has 0 unspecified atom stereocenters. The number of ether oxygens (including phenoxy) is 1. The quantitative estimate of drug-likeness (QED) is 0.413. The number of furan rings is 1. The van der Waals surface area contributed by atoms with Crippen LogP contribution in [-0.4, -0.2) is 44.6 Å². The fourth-order valence-electron chi connectivity index (χ4n) is 3.45. The van der Waals surface area contributed by atoms with Crippen LogP contribution in [0.1, 0.15) is 29.9 Å². The number of urea groups is 1. The largest absolute Gasteiger partial charge is 0.467 e. The molecular formula is C21H22N6O4S. The summed E-state index contributed by atoms with van der Waals surface area (Å²) in [6.45, 7) is 5.93. The van der Waals surface area contributed by atoms with Gasteiger partial charge in [0, 0.05) is 11.4 Å². The first-order chi connectivity index (χ1) is 15.5. The summed E-state index contributed by atoms with van der Waals surface area (Å²) in [6, 6.07) is 8.18. The van der Waals surface area contributed by atoms with Crippen molar-refractivity contribution in [3.63, 3.8) is 0 Å². The van der Waals surface area contributed by atoms with Crippen LogP contribution in [0.4, 0.5) is 4.79 Å². The molecule has 4 rings (SSSR count). The Hall–Kier alpha value is -3.60. The molecule has 0 aliphatic carbocycles. The predicted molar refractivity (Wildman–Crippen MR) is 116 cm³/mol. The Morgan fingerprint density at radius 2 is 2.16 bits per heavy atom. The number of carbonyl (C=O) groups is 2. The van der Waals surface area contributed by atoms with Crippen molar-refractivity contribution in [2.24, 2.45) is 0 Å². The van der Waals surface area contributed by atoms with Crippen molar-refractivity contribution in [3.8, 4) is 5.69 Å². The van der Waals surface area contributed by atoms with Crippen molar-refractivity contribution in [2.75, 3.05) is 12.4 Å². The summed E-state index contributed by atoms with van der Waals surface area (Å²) in [5.41, 5.74) is 3.71. The number of tetrazole rings is 1. The number of nitrogens with zero attached hydrogens (tertiary/aromatic N) is 4. The van der Waals surface area contributed by atoms with Gasteiger partial charge in [0.25, 0.3) is 0 Å². The standard InChI is InChI=1S/C21H22N6O4S/c1-4-30-19(28)17-14(22-20(29)23-18(17)16-6-5-9-31-16)11-32-21-24-25-26-27(21)15-8-7-12(2)10-13(15)3/h5-10,18H,4,11H2,1-3H3,(H2,22,23,29)/t18-/m0/s1. The fraction of sp³-hybridized carbons (Fsp3) is 0.286. The lowest BCUT2D eigenvalue weighted by Gasteiger charge is -2.27. The molecule has 1 aliphatic rings. The number of aryl methyl sites for hydroxylation is 2. The first-order valence-electron chi connectivity index (χ1n) is 9.97. The summed E-state index contributed by atoms with van der Waals surface area (Å²) in [5, 5.41) is 18.0. The molecule has 1 aliphatic heterocycles. The SMILES string of the molecule is CCOC(=O)C1=C(CSc2nnnn2-c2ccc(C)cc2C)NC(=O)N[C@H]1c1ccco1. The van der Waals surface area contributed by atoms with Crippen molar-refractivity contribution >= 4 is 23.8 Å². The molecule has 2 N–H and O–H groups in total. The Kier molecular flexibility index (Phi) is 6.26.